The maximum atomic E-state index is 12.1. The molecule has 0 aliphatic rings. The minimum atomic E-state index is -4.72. The van der Waals surface area contributed by atoms with Gasteiger partial charge in [0.05, 0.1) is 18.8 Å². The molecule has 1 aromatic carbocycles. The fourth-order valence-electron chi connectivity index (χ4n) is 2.23. The number of aryl methyl sites for hydroxylation is 1. The molecular weight excluding hydrogens is 323 g/mol. The first kappa shape index (κ1) is 18.3. The Labute approximate surface area is 138 Å². The minimum Gasteiger partial charge on any atom is -0.406 e. The number of hydrogen-bond donors (Lipinski definition) is 2. The molecule has 24 heavy (non-hydrogen) atoms. The van der Waals surface area contributed by atoms with E-state index in [0.29, 0.717) is 12.1 Å². The summed E-state index contributed by atoms with van der Waals surface area (Å²) in [4.78, 5) is 0. The fourth-order valence-corrected chi connectivity index (χ4v) is 2.23. The first-order valence-corrected chi connectivity index (χ1v) is 7.49. The van der Waals surface area contributed by atoms with Crippen LogP contribution in [0.5, 0.6) is 5.75 Å². The van der Waals surface area contributed by atoms with Crippen molar-refractivity contribution < 1.29 is 23.0 Å². The van der Waals surface area contributed by atoms with Gasteiger partial charge in [-0.2, -0.15) is 5.10 Å². The molecule has 0 fully saturated rings. The highest BCUT2D eigenvalue weighted by Gasteiger charge is 2.31. The fraction of sp³-hybridized carbons (Fsp3) is 0.438. The van der Waals surface area contributed by atoms with E-state index < -0.39 is 12.5 Å². The predicted octanol–water partition coefficient (Wildman–Crippen LogP) is 2.80. The SMILES string of the molecule is Cc1cnn(C[C@@H](C)NC[C@H](O)c2ccc(OC(F)(F)F)cc2)c1. The van der Waals surface area contributed by atoms with Crippen LogP contribution in [0.3, 0.4) is 0 Å². The molecule has 0 bridgehead atoms. The summed E-state index contributed by atoms with van der Waals surface area (Å²) in [6, 6.07) is 5.26. The number of alkyl halides is 3. The molecule has 1 heterocycles. The molecule has 8 heteroatoms. The average molecular weight is 343 g/mol. The van der Waals surface area contributed by atoms with E-state index in [0.717, 1.165) is 5.56 Å². The number of benzene rings is 1. The Hall–Kier alpha value is -2.06. The minimum absolute atomic E-state index is 0.0757. The van der Waals surface area contributed by atoms with E-state index in [-0.39, 0.29) is 18.3 Å². The normalized spacial score (nSPS) is 14.4. The number of aliphatic hydroxyl groups is 1. The zero-order valence-corrected chi connectivity index (χ0v) is 13.4. The Morgan fingerprint density at radius 3 is 2.50 bits per heavy atom. The summed E-state index contributed by atoms with van der Waals surface area (Å²) < 4.78 is 41.9. The molecule has 0 unspecified atom stereocenters. The lowest BCUT2D eigenvalue weighted by Crippen LogP contribution is -2.33. The standard InChI is InChI=1S/C16H20F3N3O2/c1-11-7-21-22(9-11)10-12(2)20-8-15(23)13-3-5-14(6-4-13)24-16(17,18)19/h3-7,9,12,15,20,23H,8,10H2,1-2H3/t12-,15+/m1/s1. The summed E-state index contributed by atoms with van der Waals surface area (Å²) in [6.07, 6.45) is -1.85. The smallest absolute Gasteiger partial charge is 0.406 e. The summed E-state index contributed by atoms with van der Waals surface area (Å²) in [5.74, 6) is -0.311. The molecule has 2 aromatic rings. The van der Waals surface area contributed by atoms with E-state index in [1.54, 1.807) is 6.20 Å². The van der Waals surface area contributed by atoms with Gasteiger partial charge in [0.2, 0.25) is 0 Å². The highest BCUT2D eigenvalue weighted by molar-refractivity contribution is 5.28. The van der Waals surface area contributed by atoms with Gasteiger partial charge in [-0.1, -0.05) is 12.1 Å². The first-order chi connectivity index (χ1) is 11.2. The molecular formula is C16H20F3N3O2. The molecule has 0 saturated heterocycles. The van der Waals surface area contributed by atoms with Crippen molar-refractivity contribution in [1.82, 2.24) is 15.1 Å². The van der Waals surface area contributed by atoms with Crippen molar-refractivity contribution >= 4 is 0 Å². The van der Waals surface area contributed by atoms with E-state index in [4.69, 9.17) is 0 Å². The van der Waals surface area contributed by atoms with E-state index in [2.05, 4.69) is 15.2 Å². The van der Waals surface area contributed by atoms with Crippen LogP contribution < -0.4 is 10.1 Å². The quantitative estimate of drug-likeness (QED) is 0.812. The van der Waals surface area contributed by atoms with Crippen molar-refractivity contribution in [2.45, 2.75) is 38.9 Å². The summed E-state index contributed by atoms with van der Waals surface area (Å²) >= 11 is 0. The van der Waals surface area contributed by atoms with Crippen LogP contribution in [0.2, 0.25) is 0 Å². The van der Waals surface area contributed by atoms with E-state index in [1.165, 1.54) is 24.3 Å². The van der Waals surface area contributed by atoms with Gasteiger partial charge in [0, 0.05) is 18.8 Å². The molecule has 2 N–H and O–H groups in total. The molecule has 1 aromatic heterocycles. The van der Waals surface area contributed by atoms with Crippen molar-refractivity contribution in [2.24, 2.45) is 0 Å². The zero-order chi connectivity index (χ0) is 17.7. The number of aliphatic hydroxyl groups excluding tert-OH is 1. The third kappa shape index (κ3) is 5.86. The topological polar surface area (TPSA) is 59.3 Å². The Balaban J connectivity index is 1.82. The van der Waals surface area contributed by atoms with Crippen molar-refractivity contribution in [1.29, 1.82) is 0 Å². The Bertz CT molecular complexity index is 641. The highest BCUT2D eigenvalue weighted by Crippen LogP contribution is 2.24. The van der Waals surface area contributed by atoms with Gasteiger partial charge in [-0.15, -0.1) is 13.2 Å². The lowest BCUT2D eigenvalue weighted by atomic mass is 10.1. The molecule has 132 valence electrons. The van der Waals surface area contributed by atoms with Gasteiger partial charge in [-0.05, 0) is 37.1 Å². The first-order valence-electron chi connectivity index (χ1n) is 7.49. The van der Waals surface area contributed by atoms with Gasteiger partial charge in [0.15, 0.2) is 0 Å². The van der Waals surface area contributed by atoms with Crippen LogP contribution in [-0.4, -0.2) is 33.8 Å². The second kappa shape index (κ2) is 7.67. The number of ether oxygens (including phenoxy) is 1. The second-order valence-electron chi connectivity index (χ2n) is 5.68. The molecule has 0 aliphatic carbocycles. The van der Waals surface area contributed by atoms with Gasteiger partial charge in [0.1, 0.15) is 5.75 Å². The summed E-state index contributed by atoms with van der Waals surface area (Å²) in [5, 5.41) is 17.5. The summed E-state index contributed by atoms with van der Waals surface area (Å²) in [6.45, 7) is 4.85. The number of aromatic nitrogens is 2. The van der Waals surface area contributed by atoms with Gasteiger partial charge < -0.3 is 15.2 Å². The lowest BCUT2D eigenvalue weighted by molar-refractivity contribution is -0.274. The third-order valence-electron chi connectivity index (χ3n) is 3.38. The van der Waals surface area contributed by atoms with Crippen LogP contribution in [0.15, 0.2) is 36.7 Å². The van der Waals surface area contributed by atoms with Crippen molar-refractivity contribution in [3.8, 4) is 5.75 Å². The van der Waals surface area contributed by atoms with Gasteiger partial charge >= 0.3 is 6.36 Å². The molecule has 2 atom stereocenters. The number of halogens is 3. The largest absolute Gasteiger partial charge is 0.573 e. The van der Waals surface area contributed by atoms with Crippen molar-refractivity contribution in [3.05, 3.63) is 47.8 Å². The maximum absolute atomic E-state index is 12.1. The van der Waals surface area contributed by atoms with Crippen LogP contribution >= 0.6 is 0 Å². The van der Waals surface area contributed by atoms with Crippen LogP contribution in [0.4, 0.5) is 13.2 Å². The number of rotatable bonds is 7. The molecule has 0 radical (unpaired) electrons. The Kier molecular flexibility index (Phi) is 5.84. The van der Waals surface area contributed by atoms with Crippen molar-refractivity contribution in [2.75, 3.05) is 6.54 Å². The van der Waals surface area contributed by atoms with E-state index in [1.807, 2.05) is 24.7 Å². The van der Waals surface area contributed by atoms with Crippen LogP contribution in [0.1, 0.15) is 24.2 Å². The van der Waals surface area contributed by atoms with E-state index >= 15 is 0 Å². The molecule has 2 rings (SSSR count). The van der Waals surface area contributed by atoms with Gasteiger partial charge in [0.25, 0.3) is 0 Å². The van der Waals surface area contributed by atoms with E-state index in [9.17, 15) is 18.3 Å². The van der Waals surface area contributed by atoms with Crippen LogP contribution in [0.25, 0.3) is 0 Å². The molecule has 0 aliphatic heterocycles. The number of nitrogens with one attached hydrogen (secondary N) is 1. The molecule has 0 spiro atoms. The van der Waals surface area contributed by atoms with Gasteiger partial charge in [-0.3, -0.25) is 4.68 Å². The van der Waals surface area contributed by atoms with Gasteiger partial charge in [-0.25, -0.2) is 0 Å². The lowest BCUT2D eigenvalue weighted by Gasteiger charge is -2.18. The predicted molar refractivity (Wildman–Crippen MR) is 82.5 cm³/mol. The number of nitrogens with zero attached hydrogens (tertiary/aromatic N) is 2. The Morgan fingerprint density at radius 2 is 1.96 bits per heavy atom. The Morgan fingerprint density at radius 1 is 1.29 bits per heavy atom. The summed E-state index contributed by atoms with van der Waals surface area (Å²) in [7, 11) is 0. The highest BCUT2D eigenvalue weighted by atomic mass is 19.4. The molecule has 5 nitrogen and oxygen atoms in total. The summed E-state index contributed by atoms with van der Waals surface area (Å²) in [5.41, 5.74) is 1.59. The third-order valence-corrected chi connectivity index (χ3v) is 3.38. The molecule has 0 saturated carbocycles. The zero-order valence-electron chi connectivity index (χ0n) is 13.4. The van der Waals surface area contributed by atoms with Crippen LogP contribution in [0, 0.1) is 6.92 Å². The number of hydrogen-bond acceptors (Lipinski definition) is 4. The van der Waals surface area contributed by atoms with Crippen LogP contribution in [-0.2, 0) is 6.54 Å². The van der Waals surface area contributed by atoms with Crippen molar-refractivity contribution in [3.63, 3.8) is 0 Å². The second-order valence-corrected chi connectivity index (χ2v) is 5.68. The monoisotopic (exact) mass is 343 g/mol. The molecule has 0 amide bonds. The average Bonchev–Trinajstić information content (AvgIpc) is 2.89. The maximum Gasteiger partial charge on any atom is 0.573 e.